The van der Waals surface area contributed by atoms with Gasteiger partial charge in [-0.1, -0.05) is 24.3 Å². The maximum absolute atomic E-state index is 12.3. The summed E-state index contributed by atoms with van der Waals surface area (Å²) in [7, 11) is 3.15. The van der Waals surface area contributed by atoms with Crippen LogP contribution in [0.25, 0.3) is 5.69 Å². The molecule has 6 heteroatoms. The van der Waals surface area contributed by atoms with E-state index in [-0.39, 0.29) is 12.3 Å². The Morgan fingerprint density at radius 2 is 1.68 bits per heavy atom. The van der Waals surface area contributed by atoms with Crippen LogP contribution in [0.15, 0.2) is 47.6 Å². The van der Waals surface area contributed by atoms with Crippen molar-refractivity contribution in [3.8, 4) is 17.2 Å². The normalized spacial score (nSPS) is 11.0. The molecule has 2 aromatic carbocycles. The molecular weight excluding hydrogens is 390 g/mol. The minimum atomic E-state index is -0.202. The maximum Gasteiger partial charge on any atom is 0.244 e. The Balaban J connectivity index is 1.73. The maximum atomic E-state index is 12.3. The first-order valence-corrected chi connectivity index (χ1v) is 10.1. The molecule has 1 N–H and O–H groups in total. The fourth-order valence-corrected chi connectivity index (χ4v) is 3.81. The molecule has 0 aliphatic carbocycles. The van der Waals surface area contributed by atoms with E-state index >= 15 is 0 Å². The van der Waals surface area contributed by atoms with Crippen molar-refractivity contribution in [3.63, 3.8) is 0 Å². The zero-order valence-corrected chi connectivity index (χ0v) is 18.9. The molecular formula is C25H29N3O3. The van der Waals surface area contributed by atoms with E-state index in [9.17, 15) is 4.79 Å². The van der Waals surface area contributed by atoms with Gasteiger partial charge in [-0.2, -0.15) is 5.10 Å². The van der Waals surface area contributed by atoms with E-state index < -0.39 is 0 Å². The fourth-order valence-electron chi connectivity index (χ4n) is 3.81. The molecule has 0 aliphatic rings. The van der Waals surface area contributed by atoms with Crippen molar-refractivity contribution in [1.82, 2.24) is 9.99 Å². The quantitative estimate of drug-likeness (QED) is 0.455. The summed E-state index contributed by atoms with van der Waals surface area (Å²) in [6.45, 7) is 8.37. The molecule has 31 heavy (non-hydrogen) atoms. The molecule has 3 rings (SSSR count). The van der Waals surface area contributed by atoms with Crippen LogP contribution >= 0.6 is 0 Å². The summed E-state index contributed by atoms with van der Waals surface area (Å²) in [5.74, 6) is 1.02. The van der Waals surface area contributed by atoms with Crippen LogP contribution in [0.5, 0.6) is 11.5 Å². The summed E-state index contributed by atoms with van der Waals surface area (Å²) in [5, 5.41) is 4.17. The van der Waals surface area contributed by atoms with Crippen molar-refractivity contribution in [2.75, 3.05) is 14.2 Å². The minimum Gasteiger partial charge on any atom is -0.493 e. The molecule has 0 bridgehead atoms. The van der Waals surface area contributed by atoms with Gasteiger partial charge in [-0.25, -0.2) is 5.43 Å². The second kappa shape index (κ2) is 9.51. The number of rotatable bonds is 7. The number of nitrogens with one attached hydrogen (secondary N) is 1. The third-order valence-corrected chi connectivity index (χ3v) is 5.34. The van der Waals surface area contributed by atoms with Gasteiger partial charge in [-0.05, 0) is 62.6 Å². The largest absolute Gasteiger partial charge is 0.493 e. The monoisotopic (exact) mass is 419 g/mol. The highest BCUT2D eigenvalue weighted by Crippen LogP contribution is 2.28. The van der Waals surface area contributed by atoms with Gasteiger partial charge in [0.15, 0.2) is 11.5 Å². The molecule has 0 saturated carbocycles. The predicted octanol–water partition coefficient (Wildman–Crippen LogP) is 4.42. The number of amides is 1. The summed E-state index contributed by atoms with van der Waals surface area (Å²) in [6, 6.07) is 13.8. The standard InChI is InChI=1S/C25H29N3O3/c1-16-8-7-9-17(2)25(16)28-18(3)12-21(19(28)4)15-26-27-24(29)14-20-10-11-22(30-5)23(13-20)31-6/h7-13,15H,14H2,1-6H3,(H,27,29)/b26-15-. The molecule has 1 amide bonds. The van der Waals surface area contributed by atoms with E-state index in [2.05, 4.69) is 67.1 Å². The van der Waals surface area contributed by atoms with Gasteiger partial charge in [0.05, 0.1) is 32.5 Å². The van der Waals surface area contributed by atoms with Crippen molar-refractivity contribution >= 4 is 12.1 Å². The van der Waals surface area contributed by atoms with Gasteiger partial charge in [0.1, 0.15) is 0 Å². The van der Waals surface area contributed by atoms with E-state index in [1.54, 1.807) is 32.6 Å². The van der Waals surface area contributed by atoms with Gasteiger partial charge in [0, 0.05) is 17.0 Å². The molecule has 3 aromatic rings. The molecule has 0 spiro atoms. The third kappa shape index (κ3) is 4.79. The van der Waals surface area contributed by atoms with E-state index in [1.165, 1.54) is 16.8 Å². The summed E-state index contributed by atoms with van der Waals surface area (Å²) in [4.78, 5) is 12.3. The van der Waals surface area contributed by atoms with Gasteiger partial charge in [0.2, 0.25) is 5.91 Å². The smallest absolute Gasteiger partial charge is 0.244 e. The average Bonchev–Trinajstić information content (AvgIpc) is 3.01. The van der Waals surface area contributed by atoms with Gasteiger partial charge < -0.3 is 14.0 Å². The van der Waals surface area contributed by atoms with Crippen molar-refractivity contribution < 1.29 is 14.3 Å². The van der Waals surface area contributed by atoms with Gasteiger partial charge in [-0.3, -0.25) is 4.79 Å². The van der Waals surface area contributed by atoms with Crippen LogP contribution in [0.3, 0.4) is 0 Å². The number of aryl methyl sites for hydroxylation is 3. The number of para-hydroxylation sites is 1. The van der Waals surface area contributed by atoms with Crippen LogP contribution in [0.1, 0.15) is 33.6 Å². The summed E-state index contributed by atoms with van der Waals surface area (Å²) in [6.07, 6.45) is 1.89. The highest BCUT2D eigenvalue weighted by atomic mass is 16.5. The number of carbonyl (C=O) groups is 1. The van der Waals surface area contributed by atoms with Crippen molar-refractivity contribution in [2.45, 2.75) is 34.1 Å². The third-order valence-electron chi connectivity index (χ3n) is 5.34. The molecule has 1 aromatic heterocycles. The molecule has 162 valence electrons. The lowest BCUT2D eigenvalue weighted by Gasteiger charge is -2.15. The SMILES string of the molecule is COc1ccc(CC(=O)N/N=C\c2cc(C)n(-c3c(C)cccc3C)c2C)cc1OC. The van der Waals surface area contributed by atoms with Crippen LogP contribution in [0.4, 0.5) is 0 Å². The summed E-state index contributed by atoms with van der Waals surface area (Å²) >= 11 is 0. The Kier molecular flexibility index (Phi) is 6.80. The van der Waals surface area contributed by atoms with E-state index in [4.69, 9.17) is 9.47 Å². The number of hydrogen-bond donors (Lipinski definition) is 1. The average molecular weight is 420 g/mol. The zero-order chi connectivity index (χ0) is 22.5. The number of benzene rings is 2. The topological polar surface area (TPSA) is 64.8 Å². The Labute approximate surface area is 183 Å². The molecule has 0 radical (unpaired) electrons. The van der Waals surface area contributed by atoms with Gasteiger partial charge in [-0.15, -0.1) is 0 Å². The number of hydrogen-bond acceptors (Lipinski definition) is 4. The first-order valence-electron chi connectivity index (χ1n) is 10.1. The molecule has 0 aliphatic heterocycles. The molecule has 1 heterocycles. The fraction of sp³-hybridized carbons (Fsp3) is 0.280. The number of nitrogens with zero attached hydrogens (tertiary/aromatic N) is 2. The van der Waals surface area contributed by atoms with Crippen molar-refractivity contribution in [2.24, 2.45) is 5.10 Å². The molecule has 6 nitrogen and oxygen atoms in total. The highest BCUT2D eigenvalue weighted by Gasteiger charge is 2.13. The van der Waals surface area contributed by atoms with Crippen LogP contribution in [0.2, 0.25) is 0 Å². The van der Waals surface area contributed by atoms with Crippen molar-refractivity contribution in [3.05, 3.63) is 76.1 Å². The van der Waals surface area contributed by atoms with E-state index in [1.807, 2.05) is 6.07 Å². The van der Waals surface area contributed by atoms with Crippen molar-refractivity contribution in [1.29, 1.82) is 0 Å². The highest BCUT2D eigenvalue weighted by molar-refractivity contribution is 5.85. The summed E-state index contributed by atoms with van der Waals surface area (Å²) < 4.78 is 12.8. The van der Waals surface area contributed by atoms with Crippen LogP contribution in [-0.2, 0) is 11.2 Å². The number of methoxy groups -OCH3 is 2. The van der Waals surface area contributed by atoms with Crippen LogP contribution in [-0.4, -0.2) is 30.9 Å². The number of ether oxygens (including phenoxy) is 2. The first-order chi connectivity index (χ1) is 14.8. The van der Waals surface area contributed by atoms with Crippen LogP contribution < -0.4 is 14.9 Å². The number of carbonyl (C=O) groups excluding carboxylic acids is 1. The first kappa shape index (κ1) is 22.2. The van der Waals surface area contributed by atoms with Gasteiger partial charge >= 0.3 is 0 Å². The lowest BCUT2D eigenvalue weighted by molar-refractivity contribution is -0.120. The summed E-state index contributed by atoms with van der Waals surface area (Å²) in [5.41, 5.74) is 10.2. The van der Waals surface area contributed by atoms with E-state index in [0.29, 0.717) is 11.5 Å². The zero-order valence-electron chi connectivity index (χ0n) is 18.9. The lowest BCUT2D eigenvalue weighted by atomic mass is 10.1. The second-order valence-electron chi connectivity index (χ2n) is 7.56. The molecule has 0 saturated heterocycles. The molecule has 0 fully saturated rings. The number of aromatic nitrogens is 1. The van der Waals surface area contributed by atoms with Crippen LogP contribution in [0, 0.1) is 27.7 Å². The van der Waals surface area contributed by atoms with Gasteiger partial charge in [0.25, 0.3) is 0 Å². The second-order valence-corrected chi connectivity index (χ2v) is 7.56. The Bertz CT molecular complexity index is 1110. The molecule has 0 atom stereocenters. The van der Waals surface area contributed by atoms with E-state index in [0.717, 1.165) is 22.5 Å². The number of hydrazone groups is 1. The minimum absolute atomic E-state index is 0.194. The Morgan fingerprint density at radius 1 is 1.00 bits per heavy atom. The Morgan fingerprint density at radius 3 is 2.32 bits per heavy atom. The Hall–Kier alpha value is -3.54. The predicted molar refractivity (Wildman–Crippen MR) is 124 cm³/mol. The molecule has 0 unspecified atom stereocenters. The lowest BCUT2D eigenvalue weighted by Crippen LogP contribution is -2.19.